The topological polar surface area (TPSA) is 101 Å². The minimum Gasteiger partial charge on any atom is -0.382 e. The van der Waals surface area contributed by atoms with Crippen molar-refractivity contribution in [3.05, 3.63) is 59.1 Å². The Balaban J connectivity index is 1.32. The number of nitrogens with two attached hydrogens (primary N) is 1. The van der Waals surface area contributed by atoms with Gasteiger partial charge in [0.25, 0.3) is 5.91 Å². The molecule has 0 aliphatic carbocycles. The van der Waals surface area contributed by atoms with E-state index in [0.29, 0.717) is 22.4 Å². The van der Waals surface area contributed by atoms with E-state index in [1.165, 1.54) is 37.1 Å². The Labute approximate surface area is 201 Å². The average molecular weight is 474 g/mol. The first-order chi connectivity index (χ1) is 16.6. The molecule has 2 atom stereocenters. The molecule has 5 heterocycles. The predicted octanol–water partition coefficient (Wildman–Crippen LogP) is 4.34. The van der Waals surface area contributed by atoms with Crippen LogP contribution in [0.4, 0.5) is 10.9 Å². The maximum absolute atomic E-state index is 12.6. The normalized spacial score (nSPS) is 20.5. The molecule has 1 aromatic carbocycles. The van der Waals surface area contributed by atoms with Gasteiger partial charge in [0.05, 0.1) is 0 Å². The molecule has 0 saturated carbocycles. The van der Waals surface area contributed by atoms with Crippen LogP contribution in [0.25, 0.3) is 16.8 Å². The number of anilines is 2. The fraction of sp³-hybridized carbons (Fsp3) is 0.360. The minimum atomic E-state index is -0.181. The van der Waals surface area contributed by atoms with Gasteiger partial charge in [-0.15, -0.1) is 11.3 Å². The Morgan fingerprint density at radius 1 is 1.18 bits per heavy atom. The van der Waals surface area contributed by atoms with Gasteiger partial charge in [-0.3, -0.25) is 19.4 Å². The molecule has 3 N–H and O–H groups in total. The Bertz CT molecular complexity index is 1360. The van der Waals surface area contributed by atoms with Gasteiger partial charge < -0.3 is 5.73 Å². The summed E-state index contributed by atoms with van der Waals surface area (Å²) in [7, 11) is 0. The van der Waals surface area contributed by atoms with Crippen molar-refractivity contribution in [3.8, 4) is 11.3 Å². The van der Waals surface area contributed by atoms with Gasteiger partial charge >= 0.3 is 0 Å². The van der Waals surface area contributed by atoms with Gasteiger partial charge in [-0.2, -0.15) is 0 Å². The molecule has 2 aliphatic rings. The number of benzene rings is 1. The molecule has 34 heavy (non-hydrogen) atoms. The highest BCUT2D eigenvalue weighted by Gasteiger charge is 2.34. The van der Waals surface area contributed by atoms with Gasteiger partial charge in [-0.05, 0) is 51.3 Å². The quantitative estimate of drug-likeness (QED) is 0.457. The predicted molar refractivity (Wildman–Crippen MR) is 134 cm³/mol. The summed E-state index contributed by atoms with van der Waals surface area (Å²) in [4.78, 5) is 30.0. The number of hydrogen-bond donors (Lipinski definition) is 2. The van der Waals surface area contributed by atoms with Gasteiger partial charge in [0, 0.05) is 53.1 Å². The molecule has 2 saturated heterocycles. The number of aryl methyl sites for hydroxylation is 1. The molecule has 3 aromatic heterocycles. The van der Waals surface area contributed by atoms with Crippen molar-refractivity contribution in [1.29, 1.82) is 0 Å². The SMILES string of the molecule is Cc1cnc(NC(=O)c2ccc(-c3nc(C4CCC5CCCN5C4)n4ccnc(N)c34)cc2)s1. The van der Waals surface area contributed by atoms with Crippen LogP contribution < -0.4 is 11.1 Å². The highest BCUT2D eigenvalue weighted by Crippen LogP contribution is 2.37. The second kappa shape index (κ2) is 8.48. The Kier molecular flexibility index (Phi) is 5.30. The summed E-state index contributed by atoms with van der Waals surface area (Å²) in [5.41, 5.74) is 9.46. The molecular formula is C25H27N7OS. The van der Waals surface area contributed by atoms with Gasteiger partial charge in [-0.25, -0.2) is 15.0 Å². The third kappa shape index (κ3) is 3.74. The summed E-state index contributed by atoms with van der Waals surface area (Å²) in [6, 6.07) is 8.23. The van der Waals surface area contributed by atoms with E-state index >= 15 is 0 Å². The number of thiazole rings is 1. The van der Waals surface area contributed by atoms with Crippen molar-refractivity contribution in [1.82, 2.24) is 24.3 Å². The van der Waals surface area contributed by atoms with Crippen LogP contribution >= 0.6 is 11.3 Å². The molecule has 0 bridgehead atoms. The Hall–Kier alpha value is -3.30. The number of amides is 1. The number of piperidine rings is 1. The number of nitrogens with zero attached hydrogens (tertiary/aromatic N) is 5. The fourth-order valence-corrected chi connectivity index (χ4v) is 6.04. The lowest BCUT2D eigenvalue weighted by molar-refractivity contribution is 0.102. The van der Waals surface area contributed by atoms with E-state index in [4.69, 9.17) is 10.7 Å². The summed E-state index contributed by atoms with van der Waals surface area (Å²) in [5, 5.41) is 3.46. The number of rotatable bonds is 4. The molecule has 8 nitrogen and oxygen atoms in total. The van der Waals surface area contributed by atoms with E-state index in [1.807, 2.05) is 37.4 Å². The third-order valence-electron chi connectivity index (χ3n) is 7.04. The second-order valence-electron chi connectivity index (χ2n) is 9.22. The molecule has 2 fully saturated rings. The van der Waals surface area contributed by atoms with Crippen molar-refractivity contribution in [2.24, 2.45) is 0 Å². The van der Waals surface area contributed by atoms with Crippen LogP contribution in [0.5, 0.6) is 0 Å². The molecule has 0 radical (unpaired) electrons. The summed E-state index contributed by atoms with van der Waals surface area (Å²) in [6.45, 7) is 4.19. The second-order valence-corrected chi connectivity index (χ2v) is 10.5. The standard InChI is InChI=1S/C25H27N7OS/c1-15-13-28-25(34-15)30-24(33)17-6-4-16(5-7-17)20-21-22(26)27-10-12-32(21)23(29-20)18-8-9-19-3-2-11-31(19)14-18/h4-7,10,12-13,18-19H,2-3,8-9,11,14H2,1H3,(H2,26,27)(H,28,30,33). The molecule has 6 rings (SSSR count). The highest BCUT2D eigenvalue weighted by atomic mass is 32.1. The molecule has 9 heteroatoms. The van der Waals surface area contributed by atoms with E-state index < -0.39 is 0 Å². The molecule has 4 aromatic rings. The van der Waals surface area contributed by atoms with Crippen molar-refractivity contribution in [2.75, 3.05) is 24.1 Å². The van der Waals surface area contributed by atoms with Crippen LogP contribution in [0.1, 0.15) is 52.7 Å². The lowest BCUT2D eigenvalue weighted by Gasteiger charge is -2.34. The Morgan fingerprint density at radius 2 is 2.03 bits per heavy atom. The summed E-state index contributed by atoms with van der Waals surface area (Å²) < 4.78 is 2.12. The molecule has 174 valence electrons. The smallest absolute Gasteiger partial charge is 0.257 e. The lowest BCUT2D eigenvalue weighted by atomic mass is 9.92. The maximum atomic E-state index is 12.6. The third-order valence-corrected chi connectivity index (χ3v) is 7.87. The zero-order chi connectivity index (χ0) is 23.2. The number of hydrogen-bond acceptors (Lipinski definition) is 7. The minimum absolute atomic E-state index is 0.181. The van der Waals surface area contributed by atoms with Crippen LogP contribution in [0, 0.1) is 6.92 Å². The first-order valence-corrected chi connectivity index (χ1v) is 12.6. The van der Waals surface area contributed by atoms with Crippen LogP contribution in [0.3, 0.4) is 0 Å². The van der Waals surface area contributed by atoms with E-state index in [1.54, 1.807) is 12.4 Å². The molecule has 2 aliphatic heterocycles. The van der Waals surface area contributed by atoms with Gasteiger partial charge in [0.1, 0.15) is 22.9 Å². The van der Waals surface area contributed by atoms with Crippen molar-refractivity contribution < 1.29 is 4.79 Å². The van der Waals surface area contributed by atoms with E-state index in [9.17, 15) is 4.79 Å². The van der Waals surface area contributed by atoms with E-state index in [2.05, 4.69) is 24.6 Å². The van der Waals surface area contributed by atoms with E-state index in [-0.39, 0.29) is 5.91 Å². The largest absolute Gasteiger partial charge is 0.382 e. The van der Waals surface area contributed by atoms with Crippen molar-refractivity contribution in [2.45, 2.75) is 44.6 Å². The number of nitrogens with one attached hydrogen (secondary N) is 1. The molecule has 0 spiro atoms. The summed E-state index contributed by atoms with van der Waals surface area (Å²) in [6.07, 6.45) is 10.4. The van der Waals surface area contributed by atoms with E-state index in [0.717, 1.165) is 46.5 Å². The molecule has 2 unspecified atom stereocenters. The Morgan fingerprint density at radius 3 is 2.82 bits per heavy atom. The number of aromatic nitrogens is 4. The number of fused-ring (bicyclic) bond motifs is 2. The van der Waals surface area contributed by atoms with Gasteiger partial charge in [0.15, 0.2) is 5.13 Å². The fourth-order valence-electron chi connectivity index (χ4n) is 5.38. The maximum Gasteiger partial charge on any atom is 0.257 e. The van der Waals surface area contributed by atoms with Gasteiger partial charge in [0.2, 0.25) is 0 Å². The van der Waals surface area contributed by atoms with Crippen LogP contribution in [-0.2, 0) is 0 Å². The number of carbonyl (C=O) groups is 1. The average Bonchev–Trinajstić information content (AvgIpc) is 3.57. The number of carbonyl (C=O) groups excluding carboxylic acids is 1. The zero-order valence-corrected chi connectivity index (χ0v) is 19.9. The van der Waals surface area contributed by atoms with Crippen molar-refractivity contribution >= 4 is 33.7 Å². The zero-order valence-electron chi connectivity index (χ0n) is 19.1. The number of imidazole rings is 1. The number of nitrogen functional groups attached to an aromatic ring is 1. The van der Waals surface area contributed by atoms with Crippen molar-refractivity contribution in [3.63, 3.8) is 0 Å². The first-order valence-electron chi connectivity index (χ1n) is 11.8. The van der Waals surface area contributed by atoms with Crippen LogP contribution in [-0.4, -0.2) is 49.3 Å². The van der Waals surface area contributed by atoms with Crippen LogP contribution in [0.15, 0.2) is 42.9 Å². The highest BCUT2D eigenvalue weighted by molar-refractivity contribution is 7.15. The first kappa shape index (κ1) is 21.2. The van der Waals surface area contributed by atoms with Crippen LogP contribution in [0.2, 0.25) is 0 Å². The summed E-state index contributed by atoms with van der Waals surface area (Å²) in [5.74, 6) is 1.70. The monoisotopic (exact) mass is 473 g/mol. The molecular weight excluding hydrogens is 446 g/mol. The molecule has 1 amide bonds. The summed E-state index contributed by atoms with van der Waals surface area (Å²) >= 11 is 1.46. The lowest BCUT2D eigenvalue weighted by Crippen LogP contribution is -2.38. The van der Waals surface area contributed by atoms with Gasteiger partial charge in [-0.1, -0.05) is 12.1 Å².